The zero-order valence-corrected chi connectivity index (χ0v) is 9.42. The first-order chi connectivity index (χ1) is 7.72. The summed E-state index contributed by atoms with van der Waals surface area (Å²) in [7, 11) is 0. The number of carbonyl (C=O) groups is 1. The molecule has 2 heterocycles. The lowest BCUT2D eigenvalue weighted by Gasteiger charge is -2.04. The number of aromatic nitrogens is 4. The number of aryl methyl sites for hydroxylation is 2. The first kappa shape index (κ1) is 10.6. The first-order valence-electron chi connectivity index (χ1n) is 5.24. The summed E-state index contributed by atoms with van der Waals surface area (Å²) < 4.78 is 3.68. The van der Waals surface area contributed by atoms with Crippen molar-refractivity contribution in [1.82, 2.24) is 19.6 Å². The van der Waals surface area contributed by atoms with Crippen LogP contribution >= 0.6 is 0 Å². The van der Waals surface area contributed by atoms with Crippen molar-refractivity contribution in [3.05, 3.63) is 35.4 Å². The molecule has 0 unspecified atom stereocenters. The number of nitrogens with zero attached hydrogens (tertiary/aromatic N) is 4. The molecule has 0 atom stereocenters. The van der Waals surface area contributed by atoms with Crippen LogP contribution in [0.25, 0.3) is 0 Å². The minimum atomic E-state index is 0.597. The van der Waals surface area contributed by atoms with Crippen LogP contribution in [0.5, 0.6) is 0 Å². The molecule has 0 aromatic carbocycles. The van der Waals surface area contributed by atoms with E-state index in [1.165, 1.54) is 0 Å². The van der Waals surface area contributed by atoms with Crippen molar-refractivity contribution < 1.29 is 4.79 Å². The highest BCUT2D eigenvalue weighted by Crippen LogP contribution is 2.06. The van der Waals surface area contributed by atoms with Crippen molar-refractivity contribution >= 4 is 6.29 Å². The number of carbonyl (C=O) groups excluding carboxylic acids is 1. The van der Waals surface area contributed by atoms with Gasteiger partial charge >= 0.3 is 0 Å². The SMILES string of the molecule is CCn1nc(C)cc1Cn1cc(C=O)cn1. The van der Waals surface area contributed by atoms with E-state index in [-0.39, 0.29) is 0 Å². The summed E-state index contributed by atoms with van der Waals surface area (Å²) in [4.78, 5) is 10.5. The van der Waals surface area contributed by atoms with E-state index < -0.39 is 0 Å². The van der Waals surface area contributed by atoms with Gasteiger partial charge in [-0.15, -0.1) is 0 Å². The Morgan fingerprint density at radius 3 is 2.94 bits per heavy atom. The Morgan fingerprint density at radius 1 is 1.50 bits per heavy atom. The topological polar surface area (TPSA) is 52.7 Å². The Hall–Kier alpha value is -1.91. The van der Waals surface area contributed by atoms with E-state index >= 15 is 0 Å². The van der Waals surface area contributed by atoms with Crippen LogP contribution < -0.4 is 0 Å². The van der Waals surface area contributed by atoms with E-state index in [2.05, 4.69) is 17.1 Å². The molecule has 84 valence electrons. The van der Waals surface area contributed by atoms with Crippen LogP contribution in [0.3, 0.4) is 0 Å². The summed E-state index contributed by atoms with van der Waals surface area (Å²) in [5.74, 6) is 0. The molecule has 2 aromatic rings. The van der Waals surface area contributed by atoms with E-state index in [0.29, 0.717) is 12.1 Å². The Labute approximate surface area is 93.7 Å². The molecule has 0 amide bonds. The van der Waals surface area contributed by atoms with Gasteiger partial charge in [0.2, 0.25) is 0 Å². The molecule has 0 radical (unpaired) electrons. The lowest BCUT2D eigenvalue weighted by atomic mass is 10.3. The molecule has 0 N–H and O–H groups in total. The molecular weight excluding hydrogens is 204 g/mol. The highest BCUT2D eigenvalue weighted by molar-refractivity contribution is 5.73. The summed E-state index contributed by atoms with van der Waals surface area (Å²) in [6.07, 6.45) is 4.09. The highest BCUT2D eigenvalue weighted by atomic mass is 16.1. The van der Waals surface area contributed by atoms with Gasteiger partial charge in [0.1, 0.15) is 0 Å². The average Bonchev–Trinajstić information content (AvgIpc) is 2.85. The molecule has 0 spiro atoms. The maximum Gasteiger partial charge on any atom is 0.153 e. The molecular formula is C11H14N4O. The molecule has 0 aliphatic carbocycles. The van der Waals surface area contributed by atoms with Crippen LogP contribution in [-0.2, 0) is 13.1 Å². The molecule has 0 aliphatic heterocycles. The van der Waals surface area contributed by atoms with Gasteiger partial charge in [0.05, 0.1) is 29.7 Å². The van der Waals surface area contributed by atoms with Gasteiger partial charge in [0.15, 0.2) is 6.29 Å². The van der Waals surface area contributed by atoms with Crippen molar-refractivity contribution in [1.29, 1.82) is 0 Å². The Kier molecular flexibility index (Phi) is 2.85. The lowest BCUT2D eigenvalue weighted by Crippen LogP contribution is -2.08. The van der Waals surface area contributed by atoms with Gasteiger partial charge < -0.3 is 0 Å². The number of hydrogen-bond donors (Lipinski definition) is 0. The minimum absolute atomic E-state index is 0.597. The van der Waals surface area contributed by atoms with E-state index in [1.54, 1.807) is 17.1 Å². The van der Waals surface area contributed by atoms with Gasteiger partial charge in [0, 0.05) is 12.7 Å². The van der Waals surface area contributed by atoms with E-state index in [9.17, 15) is 4.79 Å². The van der Waals surface area contributed by atoms with Gasteiger partial charge in [-0.3, -0.25) is 14.2 Å². The Bertz CT molecular complexity index is 498. The van der Waals surface area contributed by atoms with Crippen LogP contribution in [0, 0.1) is 6.92 Å². The third-order valence-corrected chi connectivity index (χ3v) is 2.40. The first-order valence-corrected chi connectivity index (χ1v) is 5.24. The fraction of sp³-hybridized carbons (Fsp3) is 0.364. The van der Waals surface area contributed by atoms with Crippen molar-refractivity contribution in [3.63, 3.8) is 0 Å². The van der Waals surface area contributed by atoms with Crippen molar-refractivity contribution in [2.45, 2.75) is 26.9 Å². The molecule has 0 saturated carbocycles. The van der Waals surface area contributed by atoms with Crippen molar-refractivity contribution in [2.75, 3.05) is 0 Å². The minimum Gasteiger partial charge on any atom is -0.298 e. The summed E-state index contributed by atoms with van der Waals surface area (Å²) in [6.45, 7) is 5.50. The normalized spacial score (nSPS) is 10.6. The Balaban J connectivity index is 2.22. The molecule has 5 heteroatoms. The van der Waals surface area contributed by atoms with Gasteiger partial charge in [0.25, 0.3) is 0 Å². The quantitative estimate of drug-likeness (QED) is 0.726. The zero-order chi connectivity index (χ0) is 11.5. The second-order valence-corrected chi connectivity index (χ2v) is 3.68. The number of hydrogen-bond acceptors (Lipinski definition) is 3. The number of rotatable bonds is 4. The second-order valence-electron chi connectivity index (χ2n) is 3.68. The molecule has 0 saturated heterocycles. The molecule has 16 heavy (non-hydrogen) atoms. The molecule has 0 aliphatic rings. The average molecular weight is 218 g/mol. The molecule has 2 rings (SSSR count). The molecule has 5 nitrogen and oxygen atoms in total. The van der Waals surface area contributed by atoms with Gasteiger partial charge in [-0.1, -0.05) is 0 Å². The monoisotopic (exact) mass is 218 g/mol. The maximum atomic E-state index is 10.5. The van der Waals surface area contributed by atoms with Crippen LogP contribution in [0.2, 0.25) is 0 Å². The van der Waals surface area contributed by atoms with Crippen molar-refractivity contribution in [3.8, 4) is 0 Å². The predicted octanol–water partition coefficient (Wildman–Crippen LogP) is 1.27. The maximum absolute atomic E-state index is 10.5. The predicted molar refractivity (Wildman–Crippen MR) is 59.4 cm³/mol. The van der Waals surface area contributed by atoms with Gasteiger partial charge in [-0.25, -0.2) is 0 Å². The smallest absolute Gasteiger partial charge is 0.153 e. The third kappa shape index (κ3) is 2.03. The fourth-order valence-corrected chi connectivity index (χ4v) is 1.69. The summed E-state index contributed by atoms with van der Waals surface area (Å²) >= 11 is 0. The van der Waals surface area contributed by atoms with Crippen LogP contribution in [0.4, 0.5) is 0 Å². The fourth-order valence-electron chi connectivity index (χ4n) is 1.69. The largest absolute Gasteiger partial charge is 0.298 e. The molecule has 0 fully saturated rings. The van der Waals surface area contributed by atoms with Crippen LogP contribution in [0.15, 0.2) is 18.5 Å². The van der Waals surface area contributed by atoms with E-state index in [4.69, 9.17) is 0 Å². The van der Waals surface area contributed by atoms with Gasteiger partial charge in [-0.05, 0) is 19.9 Å². The second kappa shape index (κ2) is 4.30. The van der Waals surface area contributed by atoms with Crippen LogP contribution in [0.1, 0.15) is 28.7 Å². The Morgan fingerprint density at radius 2 is 2.31 bits per heavy atom. The third-order valence-electron chi connectivity index (χ3n) is 2.40. The lowest BCUT2D eigenvalue weighted by molar-refractivity contribution is 0.112. The van der Waals surface area contributed by atoms with Crippen LogP contribution in [-0.4, -0.2) is 25.8 Å². The molecule has 2 aromatic heterocycles. The summed E-state index contributed by atoms with van der Waals surface area (Å²) in [6, 6.07) is 2.03. The molecule has 0 bridgehead atoms. The summed E-state index contributed by atoms with van der Waals surface area (Å²) in [5, 5.41) is 8.47. The highest BCUT2D eigenvalue weighted by Gasteiger charge is 2.05. The summed E-state index contributed by atoms with van der Waals surface area (Å²) in [5.41, 5.74) is 2.69. The standard InChI is InChI=1S/C11H14N4O/c1-3-15-11(4-9(2)13-15)7-14-6-10(8-16)5-12-14/h4-6,8H,3,7H2,1-2H3. The number of aldehydes is 1. The zero-order valence-electron chi connectivity index (χ0n) is 9.42. The van der Waals surface area contributed by atoms with Gasteiger partial charge in [-0.2, -0.15) is 10.2 Å². The van der Waals surface area contributed by atoms with E-state index in [1.807, 2.05) is 17.7 Å². The van der Waals surface area contributed by atoms with E-state index in [0.717, 1.165) is 24.2 Å². The van der Waals surface area contributed by atoms with Crippen molar-refractivity contribution in [2.24, 2.45) is 0 Å².